The average Bonchev–Trinajstić information content (AvgIpc) is 3.00. The Hall–Kier alpha value is -2.93. The van der Waals surface area contributed by atoms with Crippen LogP contribution in [0.2, 0.25) is 5.02 Å². The van der Waals surface area contributed by atoms with Crippen molar-refractivity contribution in [3.63, 3.8) is 0 Å². The van der Waals surface area contributed by atoms with Gasteiger partial charge in [-0.1, -0.05) is 29.8 Å². The molecular weight excluding hydrogens is 364 g/mol. The molecule has 0 saturated carbocycles. The van der Waals surface area contributed by atoms with Gasteiger partial charge in [-0.05, 0) is 24.3 Å². The second-order valence-electron chi connectivity index (χ2n) is 5.31. The molecule has 0 aliphatic rings. The van der Waals surface area contributed by atoms with Crippen molar-refractivity contribution in [1.82, 2.24) is 14.7 Å². The number of pyridine rings is 1. The van der Waals surface area contributed by atoms with Gasteiger partial charge in [0.2, 0.25) is 5.91 Å². The van der Waals surface area contributed by atoms with Crippen LogP contribution in [0.4, 0.5) is 8.78 Å². The number of halogens is 3. The molecule has 0 aliphatic heterocycles. The molecule has 0 fully saturated rings. The van der Waals surface area contributed by atoms with Gasteiger partial charge in [-0.15, -0.1) is 0 Å². The number of hydrogen-bond acceptors (Lipinski definition) is 3. The van der Waals surface area contributed by atoms with Crippen LogP contribution in [-0.4, -0.2) is 21.9 Å². The number of ether oxygens (including phenoxy) is 1. The van der Waals surface area contributed by atoms with Crippen molar-refractivity contribution in [2.45, 2.75) is 13.2 Å². The summed E-state index contributed by atoms with van der Waals surface area (Å²) in [5, 5.41) is 3.26. The standard InChI is InChI=1S/C18H14ClF2N3O2/c19-13-6-7-16-23-14(11-24(16)10-13)9-22-17(25)8-5-12-3-1-2-4-15(12)26-18(20)21/h1-8,10-11,18H,9H2,(H,22,25)/b8-5+. The molecule has 0 atom stereocenters. The molecule has 0 bridgehead atoms. The van der Waals surface area contributed by atoms with Crippen LogP contribution in [0.15, 0.2) is 54.9 Å². The molecule has 1 N–H and O–H groups in total. The number of carbonyl (C=O) groups is 1. The first-order valence-electron chi connectivity index (χ1n) is 7.64. The molecule has 3 aromatic rings. The van der Waals surface area contributed by atoms with Crippen LogP contribution < -0.4 is 10.1 Å². The van der Waals surface area contributed by atoms with E-state index in [0.717, 1.165) is 0 Å². The van der Waals surface area contributed by atoms with E-state index in [0.29, 0.717) is 21.9 Å². The highest BCUT2D eigenvalue weighted by Gasteiger charge is 2.08. The minimum absolute atomic E-state index is 0.00350. The summed E-state index contributed by atoms with van der Waals surface area (Å²) >= 11 is 5.91. The summed E-state index contributed by atoms with van der Waals surface area (Å²) in [6.07, 6.45) is 6.14. The van der Waals surface area contributed by atoms with Crippen LogP contribution in [-0.2, 0) is 11.3 Å². The number of benzene rings is 1. The number of rotatable bonds is 6. The van der Waals surface area contributed by atoms with Gasteiger partial charge in [0.15, 0.2) is 0 Å². The van der Waals surface area contributed by atoms with Crippen LogP contribution in [0.5, 0.6) is 5.75 Å². The number of amides is 1. The maximum absolute atomic E-state index is 12.4. The molecule has 2 heterocycles. The van der Waals surface area contributed by atoms with Gasteiger partial charge in [0.25, 0.3) is 0 Å². The van der Waals surface area contributed by atoms with E-state index < -0.39 is 6.61 Å². The summed E-state index contributed by atoms with van der Waals surface area (Å²) in [5.74, 6) is -0.379. The molecule has 8 heteroatoms. The fourth-order valence-corrected chi connectivity index (χ4v) is 2.49. The molecule has 0 radical (unpaired) electrons. The molecule has 0 saturated heterocycles. The summed E-state index contributed by atoms with van der Waals surface area (Å²) in [7, 11) is 0. The minimum Gasteiger partial charge on any atom is -0.434 e. The number of nitrogens with one attached hydrogen (secondary N) is 1. The predicted molar refractivity (Wildman–Crippen MR) is 94.2 cm³/mol. The highest BCUT2D eigenvalue weighted by molar-refractivity contribution is 6.30. The van der Waals surface area contributed by atoms with Crippen molar-refractivity contribution in [2.24, 2.45) is 0 Å². The van der Waals surface area contributed by atoms with Gasteiger partial charge in [-0.2, -0.15) is 8.78 Å². The maximum atomic E-state index is 12.4. The molecule has 134 valence electrons. The van der Waals surface area contributed by atoms with E-state index in [4.69, 9.17) is 11.6 Å². The molecule has 3 rings (SSSR count). The number of fused-ring (bicyclic) bond motifs is 1. The molecule has 0 spiro atoms. The first-order valence-corrected chi connectivity index (χ1v) is 8.02. The normalized spacial score (nSPS) is 11.4. The number of alkyl halides is 2. The summed E-state index contributed by atoms with van der Waals surface area (Å²) in [4.78, 5) is 16.3. The zero-order valence-electron chi connectivity index (χ0n) is 13.4. The van der Waals surface area contributed by atoms with E-state index in [9.17, 15) is 13.6 Å². The number of hydrogen-bond donors (Lipinski definition) is 1. The maximum Gasteiger partial charge on any atom is 0.387 e. The van der Waals surface area contributed by atoms with Crippen molar-refractivity contribution in [3.05, 3.63) is 71.1 Å². The van der Waals surface area contributed by atoms with Crippen molar-refractivity contribution < 1.29 is 18.3 Å². The van der Waals surface area contributed by atoms with Gasteiger partial charge >= 0.3 is 6.61 Å². The van der Waals surface area contributed by atoms with E-state index in [2.05, 4.69) is 15.0 Å². The van der Waals surface area contributed by atoms with Gasteiger partial charge in [-0.25, -0.2) is 4.98 Å². The lowest BCUT2D eigenvalue weighted by molar-refractivity contribution is -0.116. The molecule has 0 unspecified atom stereocenters. The lowest BCUT2D eigenvalue weighted by atomic mass is 10.2. The molecule has 1 amide bonds. The molecule has 5 nitrogen and oxygen atoms in total. The van der Waals surface area contributed by atoms with Crippen LogP contribution in [0.3, 0.4) is 0 Å². The third-order valence-electron chi connectivity index (χ3n) is 3.46. The number of imidazole rings is 1. The number of nitrogens with zero attached hydrogens (tertiary/aromatic N) is 2. The fraction of sp³-hybridized carbons (Fsp3) is 0.111. The molecule has 1 aromatic carbocycles. The average molecular weight is 378 g/mol. The van der Waals surface area contributed by atoms with Gasteiger partial charge in [-0.3, -0.25) is 4.79 Å². The van der Waals surface area contributed by atoms with Crippen LogP contribution in [0.1, 0.15) is 11.3 Å². The topological polar surface area (TPSA) is 55.6 Å². The summed E-state index contributed by atoms with van der Waals surface area (Å²) < 4.78 is 30.9. The van der Waals surface area contributed by atoms with Crippen LogP contribution in [0, 0.1) is 0 Å². The smallest absolute Gasteiger partial charge is 0.387 e. The van der Waals surface area contributed by atoms with E-state index in [1.165, 1.54) is 18.2 Å². The highest BCUT2D eigenvalue weighted by atomic mass is 35.5. The van der Waals surface area contributed by atoms with Crippen molar-refractivity contribution >= 4 is 29.2 Å². The van der Waals surface area contributed by atoms with E-state index in [1.54, 1.807) is 47.1 Å². The third kappa shape index (κ3) is 4.58. The Bertz CT molecular complexity index is 957. The van der Waals surface area contributed by atoms with Gasteiger partial charge in [0.1, 0.15) is 11.4 Å². The highest BCUT2D eigenvalue weighted by Crippen LogP contribution is 2.21. The Kier molecular flexibility index (Phi) is 5.48. The molecule has 26 heavy (non-hydrogen) atoms. The van der Waals surface area contributed by atoms with Crippen molar-refractivity contribution in [3.8, 4) is 5.75 Å². The van der Waals surface area contributed by atoms with Crippen LogP contribution in [0.25, 0.3) is 11.7 Å². The quantitative estimate of drug-likeness (QED) is 0.662. The SMILES string of the molecule is O=C(/C=C/c1ccccc1OC(F)F)NCc1cn2cc(Cl)ccc2n1. The Balaban J connectivity index is 1.62. The first kappa shape index (κ1) is 17.9. The van der Waals surface area contributed by atoms with Gasteiger partial charge in [0.05, 0.1) is 17.3 Å². The predicted octanol–water partition coefficient (Wildman–Crippen LogP) is 3.92. The molecule has 2 aromatic heterocycles. The third-order valence-corrected chi connectivity index (χ3v) is 3.68. The molecule has 0 aliphatic carbocycles. The Labute approximate surface area is 152 Å². The molecular formula is C18H14ClF2N3O2. The first-order chi connectivity index (χ1) is 12.5. The Morgan fingerprint density at radius 2 is 2.08 bits per heavy atom. The fourth-order valence-electron chi connectivity index (χ4n) is 2.33. The van der Waals surface area contributed by atoms with E-state index >= 15 is 0 Å². The lowest BCUT2D eigenvalue weighted by Gasteiger charge is -2.07. The Morgan fingerprint density at radius 1 is 1.27 bits per heavy atom. The Morgan fingerprint density at radius 3 is 2.88 bits per heavy atom. The van der Waals surface area contributed by atoms with E-state index in [-0.39, 0.29) is 18.2 Å². The number of carbonyl (C=O) groups excluding carboxylic acids is 1. The monoisotopic (exact) mass is 377 g/mol. The second kappa shape index (κ2) is 7.97. The summed E-state index contributed by atoms with van der Waals surface area (Å²) in [6, 6.07) is 9.72. The summed E-state index contributed by atoms with van der Waals surface area (Å²) in [6.45, 7) is -2.71. The minimum atomic E-state index is -2.93. The van der Waals surface area contributed by atoms with Gasteiger partial charge in [0, 0.05) is 24.0 Å². The number of aromatic nitrogens is 2. The van der Waals surface area contributed by atoms with Gasteiger partial charge < -0.3 is 14.5 Å². The van der Waals surface area contributed by atoms with E-state index in [1.807, 2.05) is 0 Å². The van der Waals surface area contributed by atoms with Crippen LogP contribution >= 0.6 is 11.6 Å². The van der Waals surface area contributed by atoms with Crippen molar-refractivity contribution in [2.75, 3.05) is 0 Å². The lowest BCUT2D eigenvalue weighted by Crippen LogP contribution is -2.20. The number of para-hydroxylation sites is 1. The van der Waals surface area contributed by atoms with Crippen molar-refractivity contribution in [1.29, 1.82) is 0 Å². The second-order valence-corrected chi connectivity index (χ2v) is 5.75. The largest absolute Gasteiger partial charge is 0.434 e. The zero-order valence-corrected chi connectivity index (χ0v) is 14.2. The summed E-state index contributed by atoms with van der Waals surface area (Å²) in [5.41, 5.74) is 1.76. The zero-order chi connectivity index (χ0) is 18.5.